The molecular weight excluding hydrogens is 208 g/mol. The maximum Gasteiger partial charge on any atom is 0.311 e. The molecular formula is C11H22N2O3. The molecule has 0 spiro atoms. The van der Waals surface area contributed by atoms with Crippen molar-refractivity contribution in [1.82, 2.24) is 5.32 Å². The second-order valence-electron chi connectivity index (χ2n) is 4.71. The molecule has 0 heterocycles. The molecule has 94 valence electrons. The van der Waals surface area contributed by atoms with Crippen molar-refractivity contribution < 1.29 is 14.7 Å². The van der Waals surface area contributed by atoms with E-state index in [1.54, 1.807) is 13.8 Å². The summed E-state index contributed by atoms with van der Waals surface area (Å²) in [5.74, 6) is -1.16. The van der Waals surface area contributed by atoms with Crippen LogP contribution in [0, 0.1) is 11.3 Å². The Bertz CT molecular complexity index is 266. The van der Waals surface area contributed by atoms with Crippen LogP contribution in [0.3, 0.4) is 0 Å². The molecule has 0 aromatic heterocycles. The Balaban J connectivity index is 4.34. The van der Waals surface area contributed by atoms with Gasteiger partial charge < -0.3 is 16.2 Å². The molecule has 5 nitrogen and oxygen atoms in total. The summed E-state index contributed by atoms with van der Waals surface area (Å²) >= 11 is 0. The SMILES string of the molecule is CCC(C)(CNC(=O)[C@H](N)C(C)C)C(=O)O. The third-order valence-electron chi connectivity index (χ3n) is 2.97. The van der Waals surface area contributed by atoms with E-state index in [-0.39, 0.29) is 18.4 Å². The molecule has 0 saturated carbocycles. The second-order valence-corrected chi connectivity index (χ2v) is 4.71. The normalized spacial score (nSPS) is 16.6. The van der Waals surface area contributed by atoms with Crippen molar-refractivity contribution in [2.24, 2.45) is 17.1 Å². The van der Waals surface area contributed by atoms with Crippen LogP contribution in [0.15, 0.2) is 0 Å². The van der Waals surface area contributed by atoms with Crippen molar-refractivity contribution in [2.75, 3.05) is 6.54 Å². The first-order valence-electron chi connectivity index (χ1n) is 5.51. The van der Waals surface area contributed by atoms with Gasteiger partial charge in [0.2, 0.25) is 5.91 Å². The van der Waals surface area contributed by atoms with E-state index in [2.05, 4.69) is 5.32 Å². The van der Waals surface area contributed by atoms with Crippen molar-refractivity contribution in [1.29, 1.82) is 0 Å². The first-order chi connectivity index (χ1) is 7.24. The van der Waals surface area contributed by atoms with Gasteiger partial charge in [0.25, 0.3) is 0 Å². The van der Waals surface area contributed by atoms with Gasteiger partial charge in [0.15, 0.2) is 0 Å². The van der Waals surface area contributed by atoms with Crippen LogP contribution in [-0.2, 0) is 9.59 Å². The number of nitrogens with one attached hydrogen (secondary N) is 1. The average Bonchev–Trinajstić information content (AvgIpc) is 2.23. The number of hydrogen-bond acceptors (Lipinski definition) is 3. The van der Waals surface area contributed by atoms with Gasteiger partial charge in [-0.05, 0) is 19.3 Å². The first-order valence-corrected chi connectivity index (χ1v) is 5.51. The van der Waals surface area contributed by atoms with Crippen LogP contribution in [-0.4, -0.2) is 29.6 Å². The third-order valence-corrected chi connectivity index (χ3v) is 2.97. The smallest absolute Gasteiger partial charge is 0.311 e. The molecule has 1 amide bonds. The summed E-state index contributed by atoms with van der Waals surface area (Å²) in [6.07, 6.45) is 0.458. The minimum atomic E-state index is -0.924. The topological polar surface area (TPSA) is 92.4 Å². The minimum absolute atomic E-state index is 0.0395. The molecule has 0 saturated heterocycles. The fourth-order valence-electron chi connectivity index (χ4n) is 1.05. The average molecular weight is 230 g/mol. The highest BCUT2D eigenvalue weighted by atomic mass is 16.4. The lowest BCUT2D eigenvalue weighted by Gasteiger charge is -2.24. The minimum Gasteiger partial charge on any atom is -0.481 e. The molecule has 0 bridgehead atoms. The van der Waals surface area contributed by atoms with E-state index in [4.69, 9.17) is 10.8 Å². The van der Waals surface area contributed by atoms with E-state index in [0.717, 1.165) is 0 Å². The van der Waals surface area contributed by atoms with Gasteiger partial charge in [-0.25, -0.2) is 0 Å². The summed E-state index contributed by atoms with van der Waals surface area (Å²) < 4.78 is 0. The number of carbonyl (C=O) groups is 2. The third kappa shape index (κ3) is 3.81. The Kier molecular flexibility index (Phi) is 5.44. The van der Waals surface area contributed by atoms with E-state index in [1.165, 1.54) is 0 Å². The van der Waals surface area contributed by atoms with E-state index >= 15 is 0 Å². The van der Waals surface area contributed by atoms with E-state index in [9.17, 15) is 9.59 Å². The monoisotopic (exact) mass is 230 g/mol. The molecule has 0 aromatic rings. The Morgan fingerprint density at radius 2 is 1.94 bits per heavy atom. The number of aliphatic carboxylic acids is 1. The van der Waals surface area contributed by atoms with Gasteiger partial charge in [0, 0.05) is 6.54 Å². The van der Waals surface area contributed by atoms with Gasteiger partial charge in [-0.1, -0.05) is 20.8 Å². The lowest BCUT2D eigenvalue weighted by molar-refractivity contribution is -0.148. The number of rotatable bonds is 6. The maximum absolute atomic E-state index is 11.5. The molecule has 4 N–H and O–H groups in total. The quantitative estimate of drug-likeness (QED) is 0.622. The molecule has 1 unspecified atom stereocenters. The molecule has 5 heteroatoms. The summed E-state index contributed by atoms with van der Waals surface area (Å²) in [4.78, 5) is 22.5. The summed E-state index contributed by atoms with van der Waals surface area (Å²) in [6.45, 7) is 7.19. The van der Waals surface area contributed by atoms with Gasteiger partial charge in [0.1, 0.15) is 0 Å². The predicted octanol–water partition coefficient (Wildman–Crippen LogP) is 0.587. The zero-order chi connectivity index (χ0) is 12.9. The van der Waals surface area contributed by atoms with Gasteiger partial charge in [-0.15, -0.1) is 0 Å². The molecule has 0 aromatic carbocycles. The summed E-state index contributed by atoms with van der Waals surface area (Å²) in [7, 11) is 0. The molecule has 0 fully saturated rings. The molecule has 0 aliphatic rings. The number of carboxylic acid groups (broad SMARTS) is 1. The predicted molar refractivity (Wildman–Crippen MR) is 61.9 cm³/mol. The zero-order valence-corrected chi connectivity index (χ0v) is 10.4. The highest BCUT2D eigenvalue weighted by molar-refractivity contribution is 5.83. The summed E-state index contributed by atoms with van der Waals surface area (Å²) in [5, 5.41) is 11.6. The number of amides is 1. The lowest BCUT2D eigenvalue weighted by atomic mass is 9.87. The highest BCUT2D eigenvalue weighted by Gasteiger charge is 2.32. The number of carbonyl (C=O) groups excluding carboxylic acids is 1. The molecule has 16 heavy (non-hydrogen) atoms. The van der Waals surface area contributed by atoms with Gasteiger partial charge in [-0.2, -0.15) is 0 Å². The zero-order valence-electron chi connectivity index (χ0n) is 10.4. The van der Waals surface area contributed by atoms with Gasteiger partial charge in [0.05, 0.1) is 11.5 Å². The van der Waals surface area contributed by atoms with E-state index < -0.39 is 17.4 Å². The van der Waals surface area contributed by atoms with E-state index in [0.29, 0.717) is 6.42 Å². The Labute approximate surface area is 96.4 Å². The van der Waals surface area contributed by atoms with Crippen LogP contribution in [0.25, 0.3) is 0 Å². The maximum atomic E-state index is 11.5. The second kappa shape index (κ2) is 5.84. The van der Waals surface area contributed by atoms with Crippen molar-refractivity contribution in [2.45, 2.75) is 40.2 Å². The largest absolute Gasteiger partial charge is 0.481 e. The Morgan fingerprint density at radius 3 is 2.25 bits per heavy atom. The van der Waals surface area contributed by atoms with Crippen molar-refractivity contribution in [3.63, 3.8) is 0 Å². The van der Waals surface area contributed by atoms with Crippen molar-refractivity contribution in [3.8, 4) is 0 Å². The van der Waals surface area contributed by atoms with Crippen LogP contribution < -0.4 is 11.1 Å². The van der Waals surface area contributed by atoms with Crippen LogP contribution >= 0.6 is 0 Å². The van der Waals surface area contributed by atoms with Crippen LogP contribution in [0.2, 0.25) is 0 Å². The van der Waals surface area contributed by atoms with Gasteiger partial charge >= 0.3 is 5.97 Å². The van der Waals surface area contributed by atoms with Crippen LogP contribution in [0.5, 0.6) is 0 Å². The number of carboxylic acids is 1. The molecule has 0 radical (unpaired) electrons. The Morgan fingerprint density at radius 1 is 1.44 bits per heavy atom. The van der Waals surface area contributed by atoms with E-state index in [1.807, 2.05) is 13.8 Å². The van der Waals surface area contributed by atoms with Crippen molar-refractivity contribution >= 4 is 11.9 Å². The molecule has 2 atom stereocenters. The number of nitrogens with two attached hydrogens (primary N) is 1. The molecule has 0 aliphatic heterocycles. The number of hydrogen-bond donors (Lipinski definition) is 3. The Hall–Kier alpha value is -1.10. The summed E-state index contributed by atoms with van der Waals surface area (Å²) in [5.41, 5.74) is 4.72. The van der Waals surface area contributed by atoms with Crippen LogP contribution in [0.4, 0.5) is 0 Å². The molecule has 0 rings (SSSR count). The van der Waals surface area contributed by atoms with Crippen LogP contribution in [0.1, 0.15) is 34.1 Å². The molecule has 0 aliphatic carbocycles. The first kappa shape index (κ1) is 14.9. The van der Waals surface area contributed by atoms with Gasteiger partial charge in [-0.3, -0.25) is 9.59 Å². The standard InChI is InChI=1S/C11H22N2O3/c1-5-11(4,10(15)16)6-13-9(14)8(12)7(2)3/h7-8H,5-6,12H2,1-4H3,(H,13,14)(H,15,16)/t8-,11?/m1/s1. The van der Waals surface area contributed by atoms with Crippen molar-refractivity contribution in [3.05, 3.63) is 0 Å². The summed E-state index contributed by atoms with van der Waals surface area (Å²) in [6, 6.07) is -0.588. The lowest BCUT2D eigenvalue weighted by Crippen LogP contribution is -2.48. The fourth-order valence-corrected chi connectivity index (χ4v) is 1.05. The highest BCUT2D eigenvalue weighted by Crippen LogP contribution is 2.19. The fraction of sp³-hybridized carbons (Fsp3) is 0.818.